The minimum absolute atomic E-state index is 0.0678. The van der Waals surface area contributed by atoms with Crippen LogP contribution in [0.1, 0.15) is 5.56 Å². The zero-order chi connectivity index (χ0) is 16.7. The maximum atomic E-state index is 12.0. The van der Waals surface area contributed by atoms with Gasteiger partial charge in [-0.1, -0.05) is 41.9 Å². The summed E-state index contributed by atoms with van der Waals surface area (Å²) in [6.45, 7) is 0.302. The average Bonchev–Trinajstić information content (AvgIpc) is 2.56. The molecule has 0 aromatic heterocycles. The smallest absolute Gasteiger partial charge is 0.250 e. The minimum atomic E-state index is -0.291. The van der Waals surface area contributed by atoms with Gasteiger partial charge < -0.3 is 19.5 Å². The molecule has 0 spiro atoms. The molecule has 1 N–H and O–H groups in total. The quantitative estimate of drug-likeness (QED) is 0.841. The summed E-state index contributed by atoms with van der Waals surface area (Å²) in [5, 5.41) is 3.09. The van der Waals surface area contributed by atoms with Gasteiger partial charge in [0.2, 0.25) is 5.91 Å². The van der Waals surface area contributed by atoms with E-state index >= 15 is 0 Å². The van der Waals surface area contributed by atoms with Crippen molar-refractivity contribution in [2.24, 2.45) is 0 Å². The first-order chi connectivity index (χ1) is 11.1. The Labute approximate surface area is 140 Å². The Morgan fingerprint density at radius 1 is 1.09 bits per heavy atom. The Balaban J connectivity index is 1.93. The Hall–Kier alpha value is -2.24. The van der Waals surface area contributed by atoms with Crippen molar-refractivity contribution in [3.8, 4) is 11.5 Å². The van der Waals surface area contributed by atoms with E-state index in [9.17, 15) is 4.79 Å². The Morgan fingerprint density at radius 3 is 2.43 bits per heavy atom. The van der Waals surface area contributed by atoms with Gasteiger partial charge in [-0.2, -0.15) is 0 Å². The van der Waals surface area contributed by atoms with Crippen molar-refractivity contribution in [2.75, 3.05) is 26.1 Å². The molecule has 0 heterocycles. The standard InChI is InChI=1S/C17H18ClNO4/c1-21-15-9-16(22-2)14(8-13(15)18)19-17(20)11-23-10-12-6-4-3-5-7-12/h3-9H,10-11H2,1-2H3,(H,19,20). The van der Waals surface area contributed by atoms with Crippen molar-refractivity contribution in [1.82, 2.24) is 0 Å². The summed E-state index contributed by atoms with van der Waals surface area (Å²) < 4.78 is 15.7. The van der Waals surface area contributed by atoms with E-state index in [1.807, 2.05) is 30.3 Å². The van der Waals surface area contributed by atoms with Crippen LogP contribution in [0.25, 0.3) is 0 Å². The van der Waals surface area contributed by atoms with E-state index in [0.717, 1.165) is 5.56 Å². The van der Waals surface area contributed by atoms with Crippen molar-refractivity contribution < 1.29 is 19.0 Å². The van der Waals surface area contributed by atoms with Gasteiger partial charge in [0.25, 0.3) is 0 Å². The number of hydrogen-bond acceptors (Lipinski definition) is 4. The van der Waals surface area contributed by atoms with Crippen molar-refractivity contribution in [3.05, 3.63) is 53.1 Å². The van der Waals surface area contributed by atoms with Crippen molar-refractivity contribution in [1.29, 1.82) is 0 Å². The number of anilines is 1. The van der Waals surface area contributed by atoms with Crippen LogP contribution < -0.4 is 14.8 Å². The summed E-state index contributed by atoms with van der Waals surface area (Å²) in [6.07, 6.45) is 0. The third kappa shape index (κ3) is 4.87. The maximum Gasteiger partial charge on any atom is 0.250 e. The van der Waals surface area contributed by atoms with Gasteiger partial charge in [-0.05, 0) is 11.6 Å². The number of benzene rings is 2. The molecule has 0 unspecified atom stereocenters. The lowest BCUT2D eigenvalue weighted by Gasteiger charge is -2.13. The van der Waals surface area contributed by atoms with Gasteiger partial charge in [-0.25, -0.2) is 0 Å². The molecule has 5 nitrogen and oxygen atoms in total. The largest absolute Gasteiger partial charge is 0.495 e. The minimum Gasteiger partial charge on any atom is -0.495 e. The first-order valence-corrected chi connectivity index (χ1v) is 7.35. The SMILES string of the molecule is COc1cc(OC)c(NC(=O)COCc2ccccc2)cc1Cl. The van der Waals surface area contributed by atoms with E-state index in [0.29, 0.717) is 28.8 Å². The number of halogens is 1. The molecule has 0 atom stereocenters. The number of rotatable bonds is 7. The zero-order valence-corrected chi connectivity index (χ0v) is 13.7. The highest BCUT2D eigenvalue weighted by molar-refractivity contribution is 6.32. The van der Waals surface area contributed by atoms with Gasteiger partial charge in [0.15, 0.2) is 0 Å². The second-order valence-electron chi connectivity index (χ2n) is 4.71. The van der Waals surface area contributed by atoms with Crippen LogP contribution in [0, 0.1) is 0 Å². The third-order valence-electron chi connectivity index (χ3n) is 3.09. The first-order valence-electron chi connectivity index (χ1n) is 6.97. The summed E-state index contributed by atoms with van der Waals surface area (Å²) in [7, 11) is 3.01. The number of amides is 1. The Morgan fingerprint density at radius 2 is 1.78 bits per heavy atom. The molecular weight excluding hydrogens is 318 g/mol. The molecule has 0 aliphatic carbocycles. The molecule has 0 bridgehead atoms. The molecule has 0 aliphatic rings. The van der Waals surface area contributed by atoms with Gasteiger partial charge >= 0.3 is 0 Å². The normalized spacial score (nSPS) is 10.2. The first kappa shape index (κ1) is 17.1. The topological polar surface area (TPSA) is 56.8 Å². The van der Waals surface area contributed by atoms with E-state index < -0.39 is 0 Å². The fraction of sp³-hybridized carbons (Fsp3) is 0.235. The van der Waals surface area contributed by atoms with Gasteiger partial charge in [-0.3, -0.25) is 4.79 Å². The number of carbonyl (C=O) groups is 1. The molecule has 0 radical (unpaired) electrons. The van der Waals surface area contributed by atoms with Crippen LogP contribution >= 0.6 is 11.6 Å². The van der Waals surface area contributed by atoms with Crippen molar-refractivity contribution in [2.45, 2.75) is 6.61 Å². The molecule has 2 aromatic rings. The molecule has 0 saturated heterocycles. The number of nitrogens with one attached hydrogen (secondary N) is 1. The summed E-state index contributed by atoms with van der Waals surface area (Å²) in [5.41, 5.74) is 1.47. The molecular formula is C17H18ClNO4. The molecule has 0 fully saturated rings. The molecule has 1 amide bonds. The lowest BCUT2D eigenvalue weighted by molar-refractivity contribution is -0.121. The fourth-order valence-corrected chi connectivity index (χ4v) is 2.22. The summed E-state index contributed by atoms with van der Waals surface area (Å²) in [4.78, 5) is 12.0. The molecule has 23 heavy (non-hydrogen) atoms. The second kappa shape index (κ2) is 8.41. The van der Waals surface area contributed by atoms with Crippen LogP contribution in [0.4, 0.5) is 5.69 Å². The molecule has 6 heteroatoms. The number of ether oxygens (including phenoxy) is 3. The predicted molar refractivity (Wildman–Crippen MR) is 89.3 cm³/mol. The molecule has 2 rings (SSSR count). The Kier molecular flexibility index (Phi) is 6.26. The summed E-state index contributed by atoms with van der Waals surface area (Å²) in [6, 6.07) is 12.8. The molecule has 2 aromatic carbocycles. The monoisotopic (exact) mass is 335 g/mol. The van der Waals surface area contributed by atoms with Gasteiger partial charge in [0, 0.05) is 6.07 Å². The lowest BCUT2D eigenvalue weighted by atomic mass is 10.2. The Bertz CT molecular complexity index is 661. The van der Waals surface area contributed by atoms with Gasteiger partial charge in [-0.15, -0.1) is 0 Å². The number of hydrogen-bond donors (Lipinski definition) is 1. The van der Waals surface area contributed by atoms with Crippen molar-refractivity contribution >= 4 is 23.2 Å². The molecule has 122 valence electrons. The van der Waals surface area contributed by atoms with Crippen LogP contribution in [-0.2, 0) is 16.1 Å². The predicted octanol–water partition coefficient (Wildman–Crippen LogP) is 3.51. The van der Waals surface area contributed by atoms with Crippen LogP contribution in [0.15, 0.2) is 42.5 Å². The van der Waals surface area contributed by atoms with Gasteiger partial charge in [0.1, 0.15) is 18.1 Å². The van der Waals surface area contributed by atoms with Crippen LogP contribution in [0.5, 0.6) is 11.5 Å². The van der Waals surface area contributed by atoms with E-state index in [1.165, 1.54) is 14.2 Å². The number of carbonyl (C=O) groups excluding carboxylic acids is 1. The molecule has 0 saturated carbocycles. The van der Waals surface area contributed by atoms with E-state index in [-0.39, 0.29) is 12.5 Å². The summed E-state index contributed by atoms with van der Waals surface area (Å²) >= 11 is 6.06. The highest BCUT2D eigenvalue weighted by atomic mass is 35.5. The summed E-state index contributed by atoms with van der Waals surface area (Å²) in [5.74, 6) is 0.643. The van der Waals surface area contributed by atoms with Crippen LogP contribution in [0.2, 0.25) is 5.02 Å². The zero-order valence-electron chi connectivity index (χ0n) is 13.0. The van der Waals surface area contributed by atoms with Crippen LogP contribution in [0.3, 0.4) is 0 Å². The average molecular weight is 336 g/mol. The second-order valence-corrected chi connectivity index (χ2v) is 5.12. The van der Waals surface area contributed by atoms with Crippen LogP contribution in [-0.4, -0.2) is 26.7 Å². The third-order valence-corrected chi connectivity index (χ3v) is 3.39. The number of methoxy groups -OCH3 is 2. The molecule has 0 aliphatic heterocycles. The van der Waals surface area contributed by atoms with Crippen molar-refractivity contribution in [3.63, 3.8) is 0 Å². The van der Waals surface area contributed by atoms with E-state index in [4.69, 9.17) is 25.8 Å². The lowest BCUT2D eigenvalue weighted by Crippen LogP contribution is -2.18. The maximum absolute atomic E-state index is 12.0. The highest BCUT2D eigenvalue weighted by Gasteiger charge is 2.12. The van der Waals surface area contributed by atoms with E-state index in [1.54, 1.807) is 12.1 Å². The van der Waals surface area contributed by atoms with Gasteiger partial charge in [0.05, 0.1) is 31.5 Å². The van der Waals surface area contributed by atoms with E-state index in [2.05, 4.69) is 5.32 Å². The highest BCUT2D eigenvalue weighted by Crippen LogP contribution is 2.35. The fourth-order valence-electron chi connectivity index (χ4n) is 1.98.